The number of nitro benzene ring substituents is 1. The van der Waals surface area contributed by atoms with Crippen molar-refractivity contribution in [1.82, 2.24) is 4.31 Å². The number of benzene rings is 1. The molecule has 0 bridgehead atoms. The first-order chi connectivity index (χ1) is 9.21. The predicted molar refractivity (Wildman–Crippen MR) is 69.5 cm³/mol. The number of hydrogen-bond acceptors (Lipinski definition) is 6. The molecule has 1 aromatic carbocycles. The summed E-state index contributed by atoms with van der Waals surface area (Å²) in [6.07, 6.45) is 0. The van der Waals surface area contributed by atoms with E-state index < -0.39 is 27.0 Å². The minimum Gasteiger partial charge on any atom is -0.468 e. The molecule has 1 rings (SSSR count). The molecule has 20 heavy (non-hydrogen) atoms. The lowest BCUT2D eigenvalue weighted by Gasteiger charge is -2.22. The van der Waals surface area contributed by atoms with Gasteiger partial charge in [-0.3, -0.25) is 14.9 Å². The van der Waals surface area contributed by atoms with Crippen LogP contribution in [0.15, 0.2) is 29.2 Å². The van der Waals surface area contributed by atoms with E-state index >= 15 is 0 Å². The second-order valence-electron chi connectivity index (χ2n) is 3.97. The summed E-state index contributed by atoms with van der Waals surface area (Å²) in [7, 11) is -1.53. The van der Waals surface area contributed by atoms with Crippen LogP contribution in [0.4, 0.5) is 5.69 Å². The number of carbonyl (C=O) groups excluding carboxylic acids is 1. The highest BCUT2D eigenvalue weighted by Crippen LogP contribution is 2.20. The Bertz CT molecular complexity index is 610. The molecule has 0 amide bonds. The fraction of sp³-hybridized carbons (Fsp3) is 0.364. The molecule has 110 valence electrons. The highest BCUT2D eigenvalue weighted by Gasteiger charge is 2.30. The summed E-state index contributed by atoms with van der Waals surface area (Å²) in [6, 6.07) is 3.41. The van der Waals surface area contributed by atoms with E-state index in [9.17, 15) is 23.3 Å². The molecular formula is C11H14N2O6S. The smallest absolute Gasteiger partial charge is 0.323 e. The monoisotopic (exact) mass is 302 g/mol. The molecule has 1 atom stereocenters. The van der Waals surface area contributed by atoms with E-state index in [1.54, 1.807) is 0 Å². The van der Waals surface area contributed by atoms with Crippen molar-refractivity contribution >= 4 is 21.7 Å². The molecule has 0 aliphatic carbocycles. The largest absolute Gasteiger partial charge is 0.468 e. The lowest BCUT2D eigenvalue weighted by Crippen LogP contribution is -2.40. The van der Waals surface area contributed by atoms with Crippen LogP contribution in [-0.4, -0.2) is 43.8 Å². The number of likely N-dealkylation sites (N-methyl/N-ethyl adjacent to an activating group) is 1. The van der Waals surface area contributed by atoms with Gasteiger partial charge in [0.15, 0.2) is 0 Å². The highest BCUT2D eigenvalue weighted by atomic mass is 32.2. The summed E-state index contributed by atoms with van der Waals surface area (Å²) in [5, 5.41) is 10.5. The van der Waals surface area contributed by atoms with Crippen LogP contribution in [0.3, 0.4) is 0 Å². The molecule has 0 N–H and O–H groups in total. The first-order valence-corrected chi connectivity index (χ1v) is 6.96. The Kier molecular flexibility index (Phi) is 4.79. The Morgan fingerprint density at radius 2 is 1.85 bits per heavy atom. The number of nitrogens with zero attached hydrogens (tertiary/aromatic N) is 2. The van der Waals surface area contributed by atoms with Gasteiger partial charge < -0.3 is 4.74 Å². The molecule has 1 aromatic rings. The number of carbonyl (C=O) groups is 1. The second-order valence-corrected chi connectivity index (χ2v) is 5.97. The summed E-state index contributed by atoms with van der Waals surface area (Å²) < 4.78 is 29.8. The highest BCUT2D eigenvalue weighted by molar-refractivity contribution is 7.89. The molecule has 0 aliphatic rings. The van der Waals surface area contributed by atoms with Gasteiger partial charge in [-0.2, -0.15) is 4.31 Å². The minimum atomic E-state index is -3.93. The first-order valence-electron chi connectivity index (χ1n) is 5.52. The van der Waals surface area contributed by atoms with Crippen LogP contribution in [0.25, 0.3) is 0 Å². The van der Waals surface area contributed by atoms with Gasteiger partial charge in [-0.15, -0.1) is 0 Å². The maximum Gasteiger partial charge on any atom is 0.323 e. The quantitative estimate of drug-likeness (QED) is 0.452. The molecule has 0 aromatic heterocycles. The number of esters is 1. The second kappa shape index (κ2) is 5.97. The molecule has 8 nitrogen and oxygen atoms in total. The van der Waals surface area contributed by atoms with Gasteiger partial charge >= 0.3 is 5.97 Å². The summed E-state index contributed by atoms with van der Waals surface area (Å²) >= 11 is 0. The van der Waals surface area contributed by atoms with Gasteiger partial charge in [-0.05, 0) is 19.1 Å². The van der Waals surface area contributed by atoms with Crippen LogP contribution in [0, 0.1) is 10.1 Å². The van der Waals surface area contributed by atoms with Crippen molar-refractivity contribution in [2.75, 3.05) is 14.2 Å². The summed E-state index contributed by atoms with van der Waals surface area (Å²) in [4.78, 5) is 21.1. The first kappa shape index (κ1) is 16.1. The van der Waals surface area contributed by atoms with Gasteiger partial charge in [0.1, 0.15) is 6.04 Å². The molecule has 0 heterocycles. The number of sulfonamides is 1. The van der Waals surface area contributed by atoms with Crippen molar-refractivity contribution in [2.24, 2.45) is 0 Å². The van der Waals surface area contributed by atoms with Crippen molar-refractivity contribution in [3.8, 4) is 0 Å². The molecule has 0 spiro atoms. The van der Waals surface area contributed by atoms with Crippen molar-refractivity contribution < 1.29 is 22.9 Å². The van der Waals surface area contributed by atoms with E-state index in [0.29, 0.717) is 0 Å². The SMILES string of the molecule is COC(=O)[C@H](C)N(C)S(=O)(=O)c1ccc([N+](=O)[O-])cc1. The Morgan fingerprint density at radius 3 is 2.25 bits per heavy atom. The summed E-state index contributed by atoms with van der Waals surface area (Å²) in [6.45, 7) is 1.38. The Labute approximate surface area is 116 Å². The third-order valence-electron chi connectivity index (χ3n) is 2.81. The van der Waals surface area contributed by atoms with Crippen LogP contribution in [0.1, 0.15) is 6.92 Å². The summed E-state index contributed by atoms with van der Waals surface area (Å²) in [5.41, 5.74) is -0.215. The van der Waals surface area contributed by atoms with Gasteiger partial charge in [-0.1, -0.05) is 0 Å². The molecule has 9 heteroatoms. The number of ether oxygens (including phenoxy) is 1. The molecule has 0 aliphatic heterocycles. The zero-order chi connectivity index (χ0) is 15.5. The van der Waals surface area contributed by atoms with E-state index in [1.165, 1.54) is 14.0 Å². The lowest BCUT2D eigenvalue weighted by atomic mass is 10.3. The van der Waals surface area contributed by atoms with Crippen LogP contribution in [0.5, 0.6) is 0 Å². The number of rotatable bonds is 5. The Morgan fingerprint density at radius 1 is 1.35 bits per heavy atom. The van der Waals surface area contributed by atoms with E-state index in [1.807, 2.05) is 0 Å². The van der Waals surface area contributed by atoms with E-state index in [2.05, 4.69) is 4.74 Å². The van der Waals surface area contributed by atoms with E-state index in [0.717, 1.165) is 35.7 Å². The standard InChI is InChI=1S/C11H14N2O6S/c1-8(11(14)19-3)12(2)20(17,18)10-6-4-9(5-7-10)13(15)16/h4-8H,1-3H3/t8-/m0/s1. The Balaban J connectivity index is 3.10. The average Bonchev–Trinajstić information content (AvgIpc) is 2.44. The Hall–Kier alpha value is -2.00. The third-order valence-corrected chi connectivity index (χ3v) is 4.75. The normalized spacial score (nSPS) is 13.0. The molecule has 0 saturated heterocycles. The van der Waals surface area contributed by atoms with Gasteiger partial charge in [0.05, 0.1) is 16.9 Å². The van der Waals surface area contributed by atoms with Gasteiger partial charge in [0.25, 0.3) is 5.69 Å². The average molecular weight is 302 g/mol. The van der Waals surface area contributed by atoms with Crippen molar-refractivity contribution in [3.63, 3.8) is 0 Å². The van der Waals surface area contributed by atoms with Crippen molar-refractivity contribution in [3.05, 3.63) is 34.4 Å². The predicted octanol–water partition coefficient (Wildman–Crippen LogP) is 0.777. The number of non-ortho nitro benzene ring substituents is 1. The van der Waals surface area contributed by atoms with Crippen molar-refractivity contribution in [2.45, 2.75) is 17.9 Å². The molecule has 0 fully saturated rings. The maximum absolute atomic E-state index is 12.2. The van der Waals surface area contributed by atoms with Crippen LogP contribution in [0.2, 0.25) is 0 Å². The topological polar surface area (TPSA) is 107 Å². The third kappa shape index (κ3) is 3.11. The number of hydrogen-bond donors (Lipinski definition) is 0. The minimum absolute atomic E-state index is 0.138. The van der Waals surface area contributed by atoms with Crippen LogP contribution in [-0.2, 0) is 19.6 Å². The fourth-order valence-electron chi connectivity index (χ4n) is 1.43. The maximum atomic E-state index is 12.2. The molecule has 0 saturated carbocycles. The summed E-state index contributed by atoms with van der Waals surface area (Å²) in [5.74, 6) is -0.696. The number of methoxy groups -OCH3 is 1. The lowest BCUT2D eigenvalue weighted by molar-refractivity contribution is -0.384. The zero-order valence-electron chi connectivity index (χ0n) is 11.1. The molecule has 0 unspecified atom stereocenters. The van der Waals surface area contributed by atoms with Gasteiger partial charge in [0, 0.05) is 19.2 Å². The van der Waals surface area contributed by atoms with E-state index in [4.69, 9.17) is 0 Å². The van der Waals surface area contributed by atoms with Crippen LogP contribution >= 0.6 is 0 Å². The van der Waals surface area contributed by atoms with E-state index in [-0.39, 0.29) is 10.6 Å². The van der Waals surface area contributed by atoms with Crippen molar-refractivity contribution in [1.29, 1.82) is 0 Å². The number of nitro groups is 1. The van der Waals surface area contributed by atoms with Gasteiger partial charge in [-0.25, -0.2) is 8.42 Å². The zero-order valence-corrected chi connectivity index (χ0v) is 12.0. The fourth-order valence-corrected chi connectivity index (χ4v) is 2.75. The molecule has 0 radical (unpaired) electrons. The van der Waals surface area contributed by atoms with Crippen LogP contribution < -0.4 is 0 Å². The molecular weight excluding hydrogens is 288 g/mol. The van der Waals surface area contributed by atoms with Gasteiger partial charge in [0.2, 0.25) is 10.0 Å².